The summed E-state index contributed by atoms with van der Waals surface area (Å²) in [5.41, 5.74) is 0.659. The summed E-state index contributed by atoms with van der Waals surface area (Å²) < 4.78 is 0.954. The summed E-state index contributed by atoms with van der Waals surface area (Å²) in [6, 6.07) is 7.53. The number of nitrogens with zero attached hydrogens (tertiary/aromatic N) is 2. The zero-order valence-electron chi connectivity index (χ0n) is 10.6. The van der Waals surface area contributed by atoms with Crippen LogP contribution >= 0.6 is 15.9 Å². The third-order valence-electron chi connectivity index (χ3n) is 2.74. The maximum atomic E-state index is 12.2. The van der Waals surface area contributed by atoms with Gasteiger partial charge in [0.1, 0.15) is 0 Å². The average molecular weight is 338 g/mol. The third kappa shape index (κ3) is 3.05. The van der Waals surface area contributed by atoms with E-state index in [2.05, 4.69) is 25.9 Å². The molecule has 0 aliphatic rings. The molecule has 6 nitrogen and oxygen atoms in total. The van der Waals surface area contributed by atoms with Gasteiger partial charge in [-0.25, -0.2) is 9.78 Å². The highest BCUT2D eigenvalue weighted by molar-refractivity contribution is 9.10. The molecule has 0 unspecified atom stereocenters. The van der Waals surface area contributed by atoms with Crippen molar-refractivity contribution in [2.24, 2.45) is 0 Å². The molecule has 1 aromatic carbocycles. The van der Waals surface area contributed by atoms with Crippen LogP contribution in [-0.4, -0.2) is 38.9 Å². The zero-order valence-corrected chi connectivity index (χ0v) is 12.2. The summed E-state index contributed by atoms with van der Waals surface area (Å²) in [5.74, 6) is -1.64. The highest BCUT2D eigenvalue weighted by Gasteiger charge is 2.22. The lowest BCUT2D eigenvalue weighted by Gasteiger charge is -2.16. The van der Waals surface area contributed by atoms with Crippen molar-refractivity contribution in [1.29, 1.82) is 0 Å². The lowest BCUT2D eigenvalue weighted by Crippen LogP contribution is -2.28. The first-order valence-corrected chi connectivity index (χ1v) is 6.55. The van der Waals surface area contributed by atoms with Crippen molar-refractivity contribution in [3.8, 4) is 0 Å². The number of aromatic amines is 1. The van der Waals surface area contributed by atoms with E-state index in [1.807, 2.05) is 24.3 Å². The molecule has 0 bridgehead atoms. The van der Waals surface area contributed by atoms with E-state index in [0.29, 0.717) is 6.54 Å². The molecule has 0 radical (unpaired) electrons. The van der Waals surface area contributed by atoms with Crippen LogP contribution in [0.4, 0.5) is 0 Å². The molecule has 2 aromatic rings. The number of benzene rings is 1. The Labute approximate surface area is 123 Å². The monoisotopic (exact) mass is 337 g/mol. The number of carbonyl (C=O) groups excluding carboxylic acids is 1. The summed E-state index contributed by atoms with van der Waals surface area (Å²) in [7, 11) is 1.60. The van der Waals surface area contributed by atoms with E-state index in [9.17, 15) is 9.59 Å². The Balaban J connectivity index is 2.14. The molecule has 2 N–H and O–H groups in total. The molecule has 1 heterocycles. The predicted molar refractivity (Wildman–Crippen MR) is 75.5 cm³/mol. The van der Waals surface area contributed by atoms with Crippen molar-refractivity contribution in [2.75, 3.05) is 7.05 Å². The first-order chi connectivity index (χ1) is 9.49. The van der Waals surface area contributed by atoms with Crippen molar-refractivity contribution < 1.29 is 14.7 Å². The minimum atomic E-state index is -1.21. The van der Waals surface area contributed by atoms with Crippen molar-refractivity contribution >= 4 is 27.8 Å². The number of hydrogen-bond acceptors (Lipinski definition) is 3. The number of carboxylic acids is 1. The Morgan fingerprint density at radius 1 is 1.35 bits per heavy atom. The molecule has 0 saturated heterocycles. The normalized spacial score (nSPS) is 10.3. The van der Waals surface area contributed by atoms with Crippen LogP contribution < -0.4 is 0 Å². The number of amides is 1. The van der Waals surface area contributed by atoms with Crippen molar-refractivity contribution in [1.82, 2.24) is 14.9 Å². The van der Waals surface area contributed by atoms with Crippen molar-refractivity contribution in [3.63, 3.8) is 0 Å². The highest BCUT2D eigenvalue weighted by atomic mass is 79.9. The second-order valence-electron chi connectivity index (χ2n) is 4.22. The van der Waals surface area contributed by atoms with Gasteiger partial charge in [-0.1, -0.05) is 28.1 Å². The Hall–Kier alpha value is -2.15. The lowest BCUT2D eigenvalue weighted by molar-refractivity contribution is 0.0674. The standard InChI is InChI=1S/C13H12BrN3O3/c1-17(6-8-2-4-9(14)5-3-8)12(18)10-11(13(19)20)16-7-15-10/h2-5,7H,6H2,1H3,(H,15,16)(H,19,20). The molecular formula is C13H12BrN3O3. The third-order valence-corrected chi connectivity index (χ3v) is 3.26. The summed E-state index contributed by atoms with van der Waals surface area (Å²) in [4.78, 5) is 30.8. The molecule has 2 rings (SSSR count). The van der Waals surface area contributed by atoms with Gasteiger partial charge in [0, 0.05) is 18.1 Å². The Bertz CT molecular complexity index is 637. The van der Waals surface area contributed by atoms with Crippen molar-refractivity contribution in [2.45, 2.75) is 6.54 Å². The van der Waals surface area contributed by atoms with Crippen LogP contribution in [0.25, 0.3) is 0 Å². The SMILES string of the molecule is CN(Cc1ccc(Br)cc1)C(=O)c1nc[nH]c1C(=O)O. The number of halogens is 1. The van der Waals surface area contributed by atoms with Gasteiger partial charge in [0.05, 0.1) is 6.33 Å². The summed E-state index contributed by atoms with van der Waals surface area (Å²) in [6.07, 6.45) is 1.20. The van der Waals surface area contributed by atoms with Gasteiger partial charge >= 0.3 is 5.97 Å². The van der Waals surface area contributed by atoms with E-state index in [4.69, 9.17) is 5.11 Å². The number of aromatic nitrogens is 2. The minimum absolute atomic E-state index is 0.0860. The molecule has 7 heteroatoms. The van der Waals surface area contributed by atoms with Gasteiger partial charge in [-0.3, -0.25) is 4.79 Å². The summed E-state index contributed by atoms with van der Waals surface area (Å²) in [5, 5.41) is 8.96. The fourth-order valence-corrected chi connectivity index (χ4v) is 2.00. The number of nitrogens with one attached hydrogen (secondary N) is 1. The molecule has 0 aliphatic carbocycles. The quantitative estimate of drug-likeness (QED) is 0.894. The Morgan fingerprint density at radius 3 is 2.60 bits per heavy atom. The van der Waals surface area contributed by atoms with Crippen LogP contribution in [-0.2, 0) is 6.54 Å². The van der Waals surface area contributed by atoms with Crippen LogP contribution in [0, 0.1) is 0 Å². The number of carbonyl (C=O) groups is 2. The van der Waals surface area contributed by atoms with E-state index in [-0.39, 0.29) is 11.4 Å². The number of aromatic carboxylic acids is 1. The molecule has 1 amide bonds. The zero-order chi connectivity index (χ0) is 14.7. The topological polar surface area (TPSA) is 86.3 Å². The van der Waals surface area contributed by atoms with Crippen molar-refractivity contribution in [3.05, 3.63) is 52.0 Å². The van der Waals surface area contributed by atoms with Crippen LogP contribution in [0.15, 0.2) is 35.1 Å². The smallest absolute Gasteiger partial charge is 0.354 e. The number of H-pyrrole nitrogens is 1. The number of hydrogen-bond donors (Lipinski definition) is 2. The maximum absolute atomic E-state index is 12.2. The van der Waals surface area contributed by atoms with E-state index in [0.717, 1.165) is 10.0 Å². The predicted octanol–water partition coefficient (Wildman–Crippen LogP) is 2.14. The molecule has 0 fully saturated rings. The van der Waals surface area contributed by atoms with Gasteiger partial charge in [-0.15, -0.1) is 0 Å². The average Bonchev–Trinajstić information content (AvgIpc) is 2.90. The number of carboxylic acid groups (broad SMARTS) is 1. The van der Waals surface area contributed by atoms with Crippen LogP contribution in [0.2, 0.25) is 0 Å². The lowest BCUT2D eigenvalue weighted by atomic mass is 10.2. The molecule has 0 saturated carbocycles. The molecule has 0 aliphatic heterocycles. The van der Waals surface area contributed by atoms with Gasteiger partial charge in [-0.05, 0) is 17.7 Å². The highest BCUT2D eigenvalue weighted by Crippen LogP contribution is 2.13. The molecule has 0 spiro atoms. The van der Waals surface area contributed by atoms with Crippen LogP contribution in [0.3, 0.4) is 0 Å². The van der Waals surface area contributed by atoms with Gasteiger partial charge in [0.15, 0.2) is 11.4 Å². The molecule has 1 aromatic heterocycles. The minimum Gasteiger partial charge on any atom is -0.477 e. The largest absolute Gasteiger partial charge is 0.477 e. The van der Waals surface area contributed by atoms with E-state index in [1.54, 1.807) is 7.05 Å². The van der Waals surface area contributed by atoms with E-state index >= 15 is 0 Å². The van der Waals surface area contributed by atoms with E-state index < -0.39 is 11.9 Å². The van der Waals surface area contributed by atoms with E-state index in [1.165, 1.54) is 11.2 Å². The number of rotatable bonds is 4. The first kappa shape index (κ1) is 14.3. The number of imidazole rings is 1. The van der Waals surface area contributed by atoms with Crippen LogP contribution in [0.1, 0.15) is 26.5 Å². The van der Waals surface area contributed by atoms with Gasteiger partial charge in [-0.2, -0.15) is 0 Å². The van der Waals surface area contributed by atoms with Gasteiger partial charge < -0.3 is 15.0 Å². The molecule has 104 valence electrons. The van der Waals surface area contributed by atoms with Crippen LogP contribution in [0.5, 0.6) is 0 Å². The fourth-order valence-electron chi connectivity index (χ4n) is 1.74. The fraction of sp³-hybridized carbons (Fsp3) is 0.154. The van der Waals surface area contributed by atoms with Gasteiger partial charge in [0.2, 0.25) is 0 Å². The molecular weight excluding hydrogens is 326 g/mol. The summed E-state index contributed by atoms with van der Waals surface area (Å²) in [6.45, 7) is 0.373. The second-order valence-corrected chi connectivity index (χ2v) is 5.13. The van der Waals surface area contributed by atoms with Gasteiger partial charge in [0.25, 0.3) is 5.91 Å². The maximum Gasteiger partial charge on any atom is 0.354 e. The Kier molecular flexibility index (Phi) is 4.19. The molecule has 0 atom stereocenters. The Morgan fingerprint density at radius 2 is 2.00 bits per heavy atom. The molecule has 20 heavy (non-hydrogen) atoms. The summed E-state index contributed by atoms with van der Waals surface area (Å²) >= 11 is 3.34. The first-order valence-electron chi connectivity index (χ1n) is 5.75. The second kappa shape index (κ2) is 5.87.